The molecule has 22 heavy (non-hydrogen) atoms. The predicted octanol–water partition coefficient (Wildman–Crippen LogP) is 3.04. The number of aliphatic carboxylic acids is 1. The largest absolute Gasteiger partial charge is 0.481 e. The average Bonchev–Trinajstić information content (AvgIpc) is 3.24. The Morgan fingerprint density at radius 3 is 2.27 bits per heavy atom. The summed E-state index contributed by atoms with van der Waals surface area (Å²) in [5.41, 5.74) is -0.0312. The zero-order valence-corrected chi connectivity index (χ0v) is 13.2. The summed E-state index contributed by atoms with van der Waals surface area (Å²) in [6, 6.07) is 0. The monoisotopic (exact) mass is 304 g/mol. The Bertz CT molecular complexity index is 535. The maximum atomic E-state index is 11.1. The molecule has 0 heterocycles. The van der Waals surface area contributed by atoms with Crippen LogP contribution in [0, 0.1) is 35.0 Å². The molecular weight excluding hydrogens is 280 g/mol. The first-order chi connectivity index (χ1) is 10.4. The van der Waals surface area contributed by atoms with E-state index in [1.807, 2.05) is 0 Å². The third-order valence-corrected chi connectivity index (χ3v) is 5.87. The van der Waals surface area contributed by atoms with Crippen LogP contribution in [0.4, 0.5) is 0 Å². The molecule has 4 heteroatoms. The fraction of sp³-hybridized carbons (Fsp3) is 0.667. The minimum Gasteiger partial charge on any atom is -0.481 e. The zero-order valence-electron chi connectivity index (χ0n) is 13.2. The summed E-state index contributed by atoms with van der Waals surface area (Å²) >= 11 is 0. The van der Waals surface area contributed by atoms with Crippen molar-refractivity contribution in [2.24, 2.45) is 35.0 Å². The molecule has 1 N–H and O–H groups in total. The zero-order chi connectivity index (χ0) is 15.9. The molecule has 4 rings (SSSR count). The van der Waals surface area contributed by atoms with Gasteiger partial charge in [0, 0.05) is 0 Å². The number of carboxylic acids is 1. The van der Waals surface area contributed by atoms with E-state index in [1.54, 1.807) is 0 Å². The normalized spacial score (nSPS) is 43.1. The number of rotatable bonds is 2. The third kappa shape index (κ3) is 2.59. The highest BCUT2D eigenvalue weighted by Gasteiger charge is 2.48. The van der Waals surface area contributed by atoms with E-state index in [1.165, 1.54) is 13.5 Å². The van der Waals surface area contributed by atoms with E-state index < -0.39 is 5.97 Å². The van der Waals surface area contributed by atoms with Gasteiger partial charge in [0.25, 0.3) is 0 Å². The molecule has 4 aliphatic carbocycles. The maximum Gasteiger partial charge on any atom is 0.309 e. The molecule has 4 bridgehead atoms. The van der Waals surface area contributed by atoms with E-state index in [4.69, 9.17) is 9.84 Å². The first-order valence-electron chi connectivity index (χ1n) is 8.11. The molecule has 2 saturated carbocycles. The van der Waals surface area contributed by atoms with Crippen LogP contribution in [0.3, 0.4) is 0 Å². The molecule has 0 aromatic carbocycles. The van der Waals surface area contributed by atoms with E-state index in [2.05, 4.69) is 31.2 Å². The molecule has 0 aromatic heterocycles. The Hall–Kier alpha value is -1.58. The first-order valence-corrected chi connectivity index (χ1v) is 8.11. The summed E-state index contributed by atoms with van der Waals surface area (Å²) in [5.74, 6) is 1.06. The van der Waals surface area contributed by atoms with Crippen molar-refractivity contribution in [3.63, 3.8) is 0 Å². The van der Waals surface area contributed by atoms with E-state index in [0.717, 1.165) is 19.3 Å². The fourth-order valence-electron chi connectivity index (χ4n) is 4.64. The van der Waals surface area contributed by atoms with Gasteiger partial charge in [-0.15, -0.1) is 0 Å². The lowest BCUT2D eigenvalue weighted by molar-refractivity contribution is -0.146. The molecule has 0 radical (unpaired) electrons. The predicted molar refractivity (Wildman–Crippen MR) is 82.0 cm³/mol. The number of fused-ring (bicyclic) bond motifs is 4. The van der Waals surface area contributed by atoms with Crippen molar-refractivity contribution in [3.8, 4) is 0 Å². The van der Waals surface area contributed by atoms with Gasteiger partial charge in [0.05, 0.1) is 18.9 Å². The van der Waals surface area contributed by atoms with Gasteiger partial charge in [0.1, 0.15) is 0 Å². The summed E-state index contributed by atoms with van der Waals surface area (Å²) in [4.78, 5) is 21.9. The number of allylic oxidation sites excluding steroid dienone is 4. The summed E-state index contributed by atoms with van der Waals surface area (Å²) in [5, 5.41) is 8.87. The molecule has 0 aromatic rings. The van der Waals surface area contributed by atoms with Crippen LogP contribution in [-0.2, 0) is 14.3 Å². The highest BCUT2D eigenvalue weighted by atomic mass is 16.5. The van der Waals surface area contributed by atoms with Crippen molar-refractivity contribution in [1.82, 2.24) is 0 Å². The Morgan fingerprint density at radius 1 is 1.14 bits per heavy atom. The fourth-order valence-corrected chi connectivity index (χ4v) is 4.64. The second kappa shape index (κ2) is 5.56. The number of hydrogen-bond acceptors (Lipinski definition) is 3. The van der Waals surface area contributed by atoms with Crippen molar-refractivity contribution in [2.75, 3.05) is 7.11 Å². The summed E-state index contributed by atoms with van der Waals surface area (Å²) in [6.45, 7) is 2.05. The Kier molecular flexibility index (Phi) is 3.87. The van der Waals surface area contributed by atoms with E-state index >= 15 is 0 Å². The minimum absolute atomic E-state index is 0.0261. The summed E-state index contributed by atoms with van der Waals surface area (Å²) in [7, 11) is 1.47. The van der Waals surface area contributed by atoms with Gasteiger partial charge in [-0.1, -0.05) is 31.2 Å². The van der Waals surface area contributed by atoms with Crippen LogP contribution in [0.15, 0.2) is 24.3 Å². The molecule has 0 amide bonds. The van der Waals surface area contributed by atoms with Gasteiger partial charge >= 0.3 is 11.9 Å². The molecule has 0 aliphatic heterocycles. The number of esters is 1. The standard InChI is InChI=1S/2C9H12O2/c1-9-3-2-6(5-9)4-7(9)8(10)11;1-11-9(10)8-5-6-2-3-7(8)4-6/h2-3,6-7H,4-5H2,1H3,(H,10,11);2-3,6-8H,4-5H2,1H3. The average molecular weight is 304 g/mol. The quantitative estimate of drug-likeness (QED) is 0.629. The lowest BCUT2D eigenvalue weighted by Crippen LogP contribution is -2.26. The molecule has 120 valence electrons. The van der Waals surface area contributed by atoms with Crippen LogP contribution in [0.2, 0.25) is 0 Å². The van der Waals surface area contributed by atoms with Gasteiger partial charge in [0.15, 0.2) is 0 Å². The molecule has 0 spiro atoms. The first kappa shape index (κ1) is 15.3. The van der Waals surface area contributed by atoms with Gasteiger partial charge in [-0.05, 0) is 48.9 Å². The van der Waals surface area contributed by atoms with Gasteiger partial charge < -0.3 is 9.84 Å². The van der Waals surface area contributed by atoms with Crippen LogP contribution in [-0.4, -0.2) is 24.2 Å². The van der Waals surface area contributed by atoms with Crippen LogP contribution in [0.1, 0.15) is 32.6 Å². The SMILES string of the molecule is CC12C=CC(CC1C(=O)O)C2.COC(=O)C1CC2C=CC1C2. The molecular formula is C18H24O4. The van der Waals surface area contributed by atoms with Crippen molar-refractivity contribution >= 4 is 11.9 Å². The topological polar surface area (TPSA) is 63.6 Å². The van der Waals surface area contributed by atoms with Gasteiger partial charge in [-0.3, -0.25) is 9.59 Å². The van der Waals surface area contributed by atoms with Crippen molar-refractivity contribution < 1.29 is 19.4 Å². The molecule has 2 fully saturated rings. The number of carbonyl (C=O) groups excluding carboxylic acids is 1. The lowest BCUT2D eigenvalue weighted by atomic mass is 9.80. The minimum atomic E-state index is -0.626. The number of ether oxygens (including phenoxy) is 1. The van der Waals surface area contributed by atoms with Crippen molar-refractivity contribution in [2.45, 2.75) is 32.6 Å². The Labute approximate surface area is 131 Å². The highest BCUT2D eigenvalue weighted by molar-refractivity contribution is 5.74. The van der Waals surface area contributed by atoms with Crippen LogP contribution in [0.25, 0.3) is 0 Å². The van der Waals surface area contributed by atoms with E-state index in [0.29, 0.717) is 17.8 Å². The highest BCUT2D eigenvalue weighted by Crippen LogP contribution is 2.52. The summed E-state index contributed by atoms with van der Waals surface area (Å²) < 4.78 is 4.71. The van der Waals surface area contributed by atoms with Crippen LogP contribution in [0.5, 0.6) is 0 Å². The molecule has 6 atom stereocenters. The molecule has 4 aliphatic rings. The maximum absolute atomic E-state index is 11.1. The number of methoxy groups -OCH3 is 1. The molecule has 4 nitrogen and oxygen atoms in total. The molecule has 0 saturated heterocycles. The Morgan fingerprint density at radius 2 is 1.91 bits per heavy atom. The van der Waals surface area contributed by atoms with Gasteiger partial charge in [-0.2, -0.15) is 0 Å². The van der Waals surface area contributed by atoms with Crippen LogP contribution < -0.4 is 0 Å². The number of hydrogen-bond donors (Lipinski definition) is 1. The second-order valence-electron chi connectivity index (χ2n) is 7.37. The number of carboxylic acid groups (broad SMARTS) is 1. The number of carbonyl (C=O) groups is 2. The summed E-state index contributed by atoms with van der Waals surface area (Å²) in [6.07, 6.45) is 12.7. The Balaban J connectivity index is 0.000000131. The van der Waals surface area contributed by atoms with Gasteiger partial charge in [-0.25, -0.2) is 0 Å². The molecule has 6 unspecified atom stereocenters. The third-order valence-electron chi connectivity index (χ3n) is 5.87. The van der Waals surface area contributed by atoms with Crippen LogP contribution >= 0.6 is 0 Å². The van der Waals surface area contributed by atoms with Crippen molar-refractivity contribution in [3.05, 3.63) is 24.3 Å². The smallest absolute Gasteiger partial charge is 0.309 e. The van der Waals surface area contributed by atoms with E-state index in [-0.39, 0.29) is 23.2 Å². The van der Waals surface area contributed by atoms with Gasteiger partial charge in [0.2, 0.25) is 0 Å². The lowest BCUT2D eigenvalue weighted by Gasteiger charge is -2.23. The van der Waals surface area contributed by atoms with Crippen molar-refractivity contribution in [1.29, 1.82) is 0 Å². The second-order valence-corrected chi connectivity index (χ2v) is 7.37. The van der Waals surface area contributed by atoms with E-state index in [9.17, 15) is 9.59 Å².